The lowest BCUT2D eigenvalue weighted by atomic mass is 10.0. The molecule has 1 saturated heterocycles. The Balaban J connectivity index is 2.39. The molecule has 1 N–H and O–H groups in total. The summed E-state index contributed by atoms with van der Waals surface area (Å²) in [5, 5.41) is 3.11. The summed E-state index contributed by atoms with van der Waals surface area (Å²) in [6.07, 6.45) is 1.03. The molecular formula is C9H18N2O. The van der Waals surface area contributed by atoms with Crippen LogP contribution in [-0.2, 0) is 4.79 Å². The lowest BCUT2D eigenvalue weighted by Gasteiger charge is -2.33. The van der Waals surface area contributed by atoms with Gasteiger partial charge in [0.1, 0.15) is 0 Å². The zero-order valence-corrected chi connectivity index (χ0v) is 8.13. The Morgan fingerprint density at radius 1 is 1.67 bits per heavy atom. The number of rotatable bonds is 3. The number of nitrogens with one attached hydrogen (secondary N) is 1. The Hall–Kier alpha value is -0.570. The Labute approximate surface area is 74.1 Å². The summed E-state index contributed by atoms with van der Waals surface area (Å²) in [5.74, 6) is 0.534. The minimum atomic E-state index is 0.240. The van der Waals surface area contributed by atoms with Gasteiger partial charge in [0.05, 0.1) is 5.92 Å². The van der Waals surface area contributed by atoms with E-state index in [1.54, 1.807) is 0 Å². The van der Waals surface area contributed by atoms with Crippen LogP contribution >= 0.6 is 0 Å². The van der Waals surface area contributed by atoms with Crippen molar-refractivity contribution < 1.29 is 4.79 Å². The predicted octanol–water partition coefficient (Wildman–Crippen LogP) is 0.463. The molecule has 1 fully saturated rings. The summed E-state index contributed by atoms with van der Waals surface area (Å²) in [5.41, 5.74) is 0. The molecule has 1 heterocycles. The van der Waals surface area contributed by atoms with E-state index in [-0.39, 0.29) is 5.92 Å². The lowest BCUT2D eigenvalue weighted by Crippen LogP contribution is -2.52. The topological polar surface area (TPSA) is 32.3 Å². The molecule has 1 aliphatic rings. The zero-order chi connectivity index (χ0) is 9.14. The molecule has 12 heavy (non-hydrogen) atoms. The zero-order valence-electron chi connectivity index (χ0n) is 8.13. The monoisotopic (exact) mass is 170 g/mol. The van der Waals surface area contributed by atoms with Gasteiger partial charge in [-0.1, -0.05) is 6.92 Å². The van der Waals surface area contributed by atoms with Gasteiger partial charge in [-0.15, -0.1) is 0 Å². The summed E-state index contributed by atoms with van der Waals surface area (Å²) in [6, 6.07) is 0.373. The van der Waals surface area contributed by atoms with Crippen LogP contribution in [0.5, 0.6) is 0 Å². The molecule has 1 unspecified atom stereocenters. The maximum Gasteiger partial charge on any atom is 0.228 e. The molecule has 70 valence electrons. The summed E-state index contributed by atoms with van der Waals surface area (Å²) >= 11 is 0. The van der Waals surface area contributed by atoms with E-state index in [0.717, 1.165) is 19.5 Å². The van der Waals surface area contributed by atoms with E-state index >= 15 is 0 Å². The van der Waals surface area contributed by atoms with E-state index in [1.165, 1.54) is 0 Å². The second-order valence-corrected chi connectivity index (χ2v) is 3.56. The van der Waals surface area contributed by atoms with Gasteiger partial charge in [-0.3, -0.25) is 4.79 Å². The largest absolute Gasteiger partial charge is 0.343 e. The first kappa shape index (κ1) is 9.52. The summed E-state index contributed by atoms with van der Waals surface area (Å²) < 4.78 is 0. The molecule has 3 nitrogen and oxygen atoms in total. The van der Waals surface area contributed by atoms with Gasteiger partial charge < -0.3 is 10.2 Å². The molecule has 0 bridgehead atoms. The molecule has 0 aromatic carbocycles. The fourth-order valence-corrected chi connectivity index (χ4v) is 1.24. The first-order chi connectivity index (χ1) is 5.66. The van der Waals surface area contributed by atoms with E-state index in [1.807, 2.05) is 11.9 Å². The van der Waals surface area contributed by atoms with Crippen molar-refractivity contribution in [1.29, 1.82) is 0 Å². The first-order valence-electron chi connectivity index (χ1n) is 4.64. The van der Waals surface area contributed by atoms with Gasteiger partial charge in [-0.25, -0.2) is 0 Å². The van der Waals surface area contributed by atoms with Crippen molar-refractivity contribution in [2.45, 2.75) is 26.3 Å². The van der Waals surface area contributed by atoms with E-state index in [0.29, 0.717) is 11.9 Å². The van der Waals surface area contributed by atoms with Gasteiger partial charge in [0.15, 0.2) is 0 Å². The number of carbonyl (C=O) groups excluding carboxylic acids is 1. The van der Waals surface area contributed by atoms with Gasteiger partial charge in [0, 0.05) is 26.2 Å². The fourth-order valence-electron chi connectivity index (χ4n) is 1.24. The third-order valence-electron chi connectivity index (χ3n) is 2.73. The number of hydrogen-bond donors (Lipinski definition) is 1. The van der Waals surface area contributed by atoms with Crippen LogP contribution in [0.15, 0.2) is 0 Å². The van der Waals surface area contributed by atoms with Crippen LogP contribution in [0, 0.1) is 5.92 Å². The highest BCUT2D eigenvalue weighted by molar-refractivity contribution is 5.80. The second kappa shape index (κ2) is 3.90. The highest BCUT2D eigenvalue weighted by atomic mass is 16.2. The minimum Gasteiger partial charge on any atom is -0.343 e. The third-order valence-corrected chi connectivity index (χ3v) is 2.73. The maximum atomic E-state index is 11.6. The molecule has 1 atom stereocenters. The van der Waals surface area contributed by atoms with Crippen LogP contribution in [0.4, 0.5) is 0 Å². The smallest absolute Gasteiger partial charge is 0.228 e. The van der Waals surface area contributed by atoms with Crippen LogP contribution in [0.2, 0.25) is 0 Å². The average molecular weight is 170 g/mol. The van der Waals surface area contributed by atoms with Gasteiger partial charge in [-0.2, -0.15) is 0 Å². The summed E-state index contributed by atoms with van der Waals surface area (Å²) in [4.78, 5) is 13.5. The molecule has 3 heteroatoms. The summed E-state index contributed by atoms with van der Waals surface area (Å²) in [6.45, 7) is 5.91. The van der Waals surface area contributed by atoms with Crippen molar-refractivity contribution in [2.24, 2.45) is 5.92 Å². The lowest BCUT2D eigenvalue weighted by molar-refractivity contribution is -0.137. The molecule has 1 amide bonds. The molecule has 0 saturated carbocycles. The van der Waals surface area contributed by atoms with Gasteiger partial charge in [-0.05, 0) is 13.3 Å². The molecule has 0 aromatic heterocycles. The van der Waals surface area contributed by atoms with Crippen LogP contribution in [-0.4, -0.2) is 37.0 Å². The van der Waals surface area contributed by atoms with Crippen LogP contribution in [0.3, 0.4) is 0 Å². The highest BCUT2D eigenvalue weighted by Crippen LogP contribution is 2.10. The standard InChI is InChI=1S/C9H18N2O/c1-4-7(2)11(3)9(12)8-5-10-6-8/h7-8,10H,4-6H2,1-3H3. The first-order valence-corrected chi connectivity index (χ1v) is 4.64. The number of hydrogen-bond acceptors (Lipinski definition) is 2. The number of nitrogens with zero attached hydrogens (tertiary/aromatic N) is 1. The molecule has 0 spiro atoms. The predicted molar refractivity (Wildman–Crippen MR) is 48.9 cm³/mol. The van der Waals surface area contributed by atoms with Gasteiger partial charge >= 0.3 is 0 Å². The van der Waals surface area contributed by atoms with Crippen LogP contribution in [0.1, 0.15) is 20.3 Å². The fraction of sp³-hybridized carbons (Fsp3) is 0.889. The molecule has 0 aromatic rings. The molecule has 0 aliphatic carbocycles. The van der Waals surface area contributed by atoms with Crippen molar-refractivity contribution in [1.82, 2.24) is 10.2 Å². The Morgan fingerprint density at radius 3 is 2.58 bits per heavy atom. The SMILES string of the molecule is CCC(C)N(C)C(=O)C1CNC1. The van der Waals surface area contributed by atoms with Crippen molar-refractivity contribution in [3.8, 4) is 0 Å². The Bertz CT molecular complexity index is 166. The molecule has 0 radical (unpaired) electrons. The van der Waals surface area contributed by atoms with E-state index < -0.39 is 0 Å². The number of amides is 1. The Kier molecular flexibility index (Phi) is 3.09. The van der Waals surface area contributed by atoms with Crippen molar-refractivity contribution >= 4 is 5.91 Å². The van der Waals surface area contributed by atoms with Crippen LogP contribution in [0.25, 0.3) is 0 Å². The van der Waals surface area contributed by atoms with E-state index in [4.69, 9.17) is 0 Å². The highest BCUT2D eigenvalue weighted by Gasteiger charge is 2.28. The maximum absolute atomic E-state index is 11.6. The normalized spacial score (nSPS) is 19.9. The van der Waals surface area contributed by atoms with Crippen LogP contribution < -0.4 is 5.32 Å². The van der Waals surface area contributed by atoms with Gasteiger partial charge in [0.25, 0.3) is 0 Å². The average Bonchev–Trinajstić information content (AvgIpc) is 1.98. The van der Waals surface area contributed by atoms with Crippen molar-refractivity contribution in [3.63, 3.8) is 0 Å². The molecule has 1 aliphatic heterocycles. The van der Waals surface area contributed by atoms with Crippen molar-refractivity contribution in [2.75, 3.05) is 20.1 Å². The summed E-state index contributed by atoms with van der Waals surface area (Å²) in [7, 11) is 1.90. The Morgan fingerprint density at radius 2 is 2.25 bits per heavy atom. The third kappa shape index (κ3) is 1.78. The van der Waals surface area contributed by atoms with E-state index in [9.17, 15) is 4.79 Å². The molecule has 1 rings (SSSR count). The number of carbonyl (C=O) groups is 1. The quantitative estimate of drug-likeness (QED) is 0.667. The van der Waals surface area contributed by atoms with Crippen molar-refractivity contribution in [3.05, 3.63) is 0 Å². The van der Waals surface area contributed by atoms with E-state index in [2.05, 4.69) is 19.2 Å². The van der Waals surface area contributed by atoms with Gasteiger partial charge in [0.2, 0.25) is 5.91 Å². The molecular weight excluding hydrogens is 152 g/mol. The second-order valence-electron chi connectivity index (χ2n) is 3.56. The minimum absolute atomic E-state index is 0.240.